The molecule has 0 radical (unpaired) electrons. The number of fused-ring (bicyclic) bond motifs is 2. The van der Waals surface area contributed by atoms with Gasteiger partial charge in [0.25, 0.3) is 5.97 Å². The number of rotatable bonds is 3. The highest BCUT2D eigenvalue weighted by molar-refractivity contribution is 6.71. The van der Waals surface area contributed by atoms with Gasteiger partial charge in [0.15, 0.2) is 0 Å². The zero-order valence-electron chi connectivity index (χ0n) is 9.88. The Balaban J connectivity index is 1.92. The van der Waals surface area contributed by atoms with Gasteiger partial charge in [0.05, 0.1) is 6.42 Å². The quantitative estimate of drug-likeness (QED) is 0.544. The summed E-state index contributed by atoms with van der Waals surface area (Å²) in [6.45, 7) is 6.18. The maximum Gasteiger partial charge on any atom is 0.293 e. The maximum absolute atomic E-state index is 11.8. The molecule has 0 aliphatic heterocycles. The van der Waals surface area contributed by atoms with Gasteiger partial charge in [0.2, 0.25) is 8.32 Å². The van der Waals surface area contributed by atoms with Crippen molar-refractivity contribution in [2.45, 2.75) is 45.3 Å². The van der Waals surface area contributed by atoms with Crippen molar-refractivity contribution in [3.63, 3.8) is 0 Å². The molecule has 1 fully saturated rings. The second kappa shape index (κ2) is 3.48. The normalized spacial score (nSPS) is 33.4. The van der Waals surface area contributed by atoms with E-state index in [0.717, 1.165) is 5.92 Å². The Bertz CT molecular complexity index is 303. The molecule has 0 spiro atoms. The molecule has 0 aromatic heterocycles. The minimum atomic E-state index is -1.70. The molecule has 15 heavy (non-hydrogen) atoms. The van der Waals surface area contributed by atoms with Crippen LogP contribution in [0.5, 0.6) is 0 Å². The lowest BCUT2D eigenvalue weighted by molar-refractivity contribution is -0.137. The van der Waals surface area contributed by atoms with Gasteiger partial charge in [0, 0.05) is 0 Å². The summed E-state index contributed by atoms with van der Waals surface area (Å²) >= 11 is 0. The first kappa shape index (κ1) is 10.9. The van der Waals surface area contributed by atoms with Crippen LogP contribution in [0.1, 0.15) is 25.7 Å². The van der Waals surface area contributed by atoms with Crippen LogP contribution in [0.25, 0.3) is 0 Å². The third-order valence-corrected chi connectivity index (χ3v) is 4.16. The smallest absolute Gasteiger partial charge is 0.293 e. The molecule has 2 rings (SSSR count). The predicted molar refractivity (Wildman–Crippen MR) is 63.0 cm³/mol. The van der Waals surface area contributed by atoms with Gasteiger partial charge in [-0.1, -0.05) is 12.2 Å². The number of carbonyl (C=O) groups excluding carboxylic acids is 1. The van der Waals surface area contributed by atoms with Gasteiger partial charge in [-0.2, -0.15) is 0 Å². The van der Waals surface area contributed by atoms with E-state index in [9.17, 15) is 4.79 Å². The van der Waals surface area contributed by atoms with E-state index in [1.165, 1.54) is 19.3 Å². The van der Waals surface area contributed by atoms with Crippen LogP contribution in [-0.4, -0.2) is 14.3 Å². The van der Waals surface area contributed by atoms with Crippen LogP contribution >= 0.6 is 0 Å². The summed E-state index contributed by atoms with van der Waals surface area (Å²) in [6.07, 6.45) is 8.75. The molecule has 0 aromatic rings. The Morgan fingerprint density at radius 3 is 2.67 bits per heavy atom. The number of hydrogen-bond donors (Lipinski definition) is 0. The molecule has 0 heterocycles. The molecule has 3 heteroatoms. The molecule has 2 atom stereocenters. The van der Waals surface area contributed by atoms with Crippen molar-refractivity contribution in [1.29, 1.82) is 0 Å². The molecule has 2 unspecified atom stereocenters. The fraction of sp³-hybridized carbons (Fsp3) is 0.750. The molecule has 2 bridgehead atoms. The number of hydrogen-bond acceptors (Lipinski definition) is 2. The highest BCUT2D eigenvalue weighted by Crippen LogP contribution is 2.51. The number of carbonyl (C=O) groups is 1. The Morgan fingerprint density at radius 1 is 1.53 bits per heavy atom. The van der Waals surface area contributed by atoms with Gasteiger partial charge in [-0.15, -0.1) is 0 Å². The predicted octanol–water partition coefficient (Wildman–Crippen LogP) is 3.11. The first-order chi connectivity index (χ1) is 6.89. The maximum atomic E-state index is 11.8. The molecule has 84 valence electrons. The van der Waals surface area contributed by atoms with Crippen molar-refractivity contribution in [3.8, 4) is 0 Å². The van der Waals surface area contributed by atoms with Crippen LogP contribution in [0.15, 0.2) is 12.2 Å². The standard InChI is InChI=1S/C12H20O2Si/c1-15(2,3)14-11(13)9-12-6-4-10(8-12)5-7-12/h4,6,10H,5,7-9H2,1-3H3. The van der Waals surface area contributed by atoms with Crippen LogP contribution in [0.3, 0.4) is 0 Å². The zero-order chi connectivity index (χ0) is 11.1. The summed E-state index contributed by atoms with van der Waals surface area (Å²) in [4.78, 5) is 11.8. The van der Waals surface area contributed by atoms with E-state index < -0.39 is 8.32 Å². The molecule has 2 aliphatic carbocycles. The highest BCUT2D eigenvalue weighted by atomic mass is 28.4. The van der Waals surface area contributed by atoms with Crippen molar-refractivity contribution < 1.29 is 9.22 Å². The summed E-state index contributed by atoms with van der Waals surface area (Å²) in [5.41, 5.74) is 0.168. The second-order valence-corrected chi connectivity index (χ2v) is 10.4. The summed E-state index contributed by atoms with van der Waals surface area (Å²) in [7, 11) is -1.70. The Labute approximate surface area is 92.8 Å². The van der Waals surface area contributed by atoms with E-state index in [0.29, 0.717) is 6.42 Å². The molecule has 2 nitrogen and oxygen atoms in total. The minimum Gasteiger partial charge on any atom is -0.520 e. The van der Waals surface area contributed by atoms with Gasteiger partial charge in [-0.25, -0.2) is 0 Å². The third kappa shape index (κ3) is 2.51. The summed E-state index contributed by atoms with van der Waals surface area (Å²) < 4.78 is 5.51. The molecular formula is C12H20O2Si. The SMILES string of the molecule is C[Si](C)(C)OC(=O)CC12C=CC(CC1)C2. The van der Waals surface area contributed by atoms with Crippen LogP contribution in [0.4, 0.5) is 0 Å². The van der Waals surface area contributed by atoms with Crippen LogP contribution in [0, 0.1) is 11.3 Å². The van der Waals surface area contributed by atoms with Gasteiger partial charge >= 0.3 is 0 Å². The summed E-state index contributed by atoms with van der Waals surface area (Å²) in [5.74, 6) is 0.756. The first-order valence-electron chi connectivity index (χ1n) is 5.80. The van der Waals surface area contributed by atoms with Crippen LogP contribution in [-0.2, 0) is 9.22 Å². The fourth-order valence-corrected chi connectivity index (χ4v) is 3.49. The second-order valence-electron chi connectivity index (χ2n) is 5.99. The third-order valence-electron chi connectivity index (χ3n) is 3.32. The van der Waals surface area contributed by atoms with E-state index in [1.54, 1.807) is 0 Å². The molecule has 0 aromatic carbocycles. The monoisotopic (exact) mass is 224 g/mol. The highest BCUT2D eigenvalue weighted by Gasteiger charge is 2.42. The lowest BCUT2D eigenvalue weighted by Crippen LogP contribution is -2.31. The largest absolute Gasteiger partial charge is 0.520 e. The van der Waals surface area contributed by atoms with Crippen LogP contribution in [0.2, 0.25) is 19.6 Å². The lowest BCUT2D eigenvalue weighted by atomic mass is 9.84. The average Bonchev–Trinajstić information content (AvgIpc) is 2.58. The van der Waals surface area contributed by atoms with E-state index in [4.69, 9.17) is 4.43 Å². The van der Waals surface area contributed by atoms with E-state index in [2.05, 4.69) is 31.8 Å². The summed E-state index contributed by atoms with van der Waals surface area (Å²) in [6, 6.07) is 0. The van der Waals surface area contributed by atoms with Gasteiger partial charge < -0.3 is 4.43 Å². The molecule has 0 amide bonds. The molecular weight excluding hydrogens is 204 g/mol. The van der Waals surface area contributed by atoms with Crippen LogP contribution < -0.4 is 0 Å². The molecule has 0 N–H and O–H groups in total. The van der Waals surface area contributed by atoms with Crippen molar-refractivity contribution in [2.75, 3.05) is 0 Å². The molecule has 1 saturated carbocycles. The van der Waals surface area contributed by atoms with Crippen molar-refractivity contribution in [2.24, 2.45) is 11.3 Å². The van der Waals surface area contributed by atoms with E-state index in [-0.39, 0.29) is 11.4 Å². The van der Waals surface area contributed by atoms with Gasteiger partial charge in [-0.05, 0) is 50.2 Å². The van der Waals surface area contributed by atoms with Crippen molar-refractivity contribution in [3.05, 3.63) is 12.2 Å². The first-order valence-corrected chi connectivity index (χ1v) is 9.21. The van der Waals surface area contributed by atoms with Crippen molar-refractivity contribution in [1.82, 2.24) is 0 Å². The molecule has 2 aliphatic rings. The van der Waals surface area contributed by atoms with E-state index >= 15 is 0 Å². The van der Waals surface area contributed by atoms with E-state index in [1.807, 2.05) is 0 Å². The topological polar surface area (TPSA) is 26.3 Å². The van der Waals surface area contributed by atoms with Gasteiger partial charge in [0.1, 0.15) is 0 Å². The Morgan fingerprint density at radius 2 is 2.27 bits per heavy atom. The zero-order valence-corrected chi connectivity index (χ0v) is 10.9. The minimum absolute atomic E-state index is 0.0152. The summed E-state index contributed by atoms with van der Waals surface area (Å²) in [5, 5.41) is 0. The van der Waals surface area contributed by atoms with Crippen molar-refractivity contribution >= 4 is 14.3 Å². The fourth-order valence-electron chi connectivity index (χ4n) is 2.74. The average molecular weight is 224 g/mol. The van der Waals surface area contributed by atoms with Gasteiger partial charge in [-0.3, -0.25) is 4.79 Å². The Kier molecular flexibility index (Phi) is 2.53. The number of allylic oxidation sites excluding steroid dienone is 2. The Hall–Kier alpha value is -0.573. The lowest BCUT2D eigenvalue weighted by Gasteiger charge is -2.25. The molecule has 0 saturated heterocycles.